The summed E-state index contributed by atoms with van der Waals surface area (Å²) in [6, 6.07) is 7.91. The predicted octanol–water partition coefficient (Wildman–Crippen LogP) is 5.14. The summed E-state index contributed by atoms with van der Waals surface area (Å²) in [5, 5.41) is 0. The fraction of sp³-hybridized carbons (Fsp3) is 0.538. The van der Waals surface area contributed by atoms with E-state index in [9.17, 15) is 13.2 Å². The summed E-state index contributed by atoms with van der Waals surface area (Å²) < 4.78 is 40.9. The maximum Gasteiger partial charge on any atom is 0.389 e. The number of unbranched alkanes of at least 4 members (excludes halogenated alkanes) is 2. The van der Waals surface area contributed by atoms with Crippen LogP contribution < -0.4 is 0 Å². The number of aryl methyl sites for hydroxylation is 1. The monoisotopic (exact) mass is 278 g/mol. The minimum absolute atomic E-state index is 0.183. The summed E-state index contributed by atoms with van der Waals surface area (Å²) in [4.78, 5) is 1.01. The Balaban J connectivity index is 2.00. The SMILES string of the molecule is Cc1ccc(SOCCCCCC(F)(F)F)cc1. The van der Waals surface area contributed by atoms with Crippen LogP contribution in [0.25, 0.3) is 0 Å². The Kier molecular flexibility index (Phi) is 6.57. The summed E-state index contributed by atoms with van der Waals surface area (Å²) in [5.74, 6) is 0. The molecule has 0 unspecified atom stereocenters. The number of rotatable bonds is 7. The van der Waals surface area contributed by atoms with E-state index in [2.05, 4.69) is 0 Å². The Morgan fingerprint density at radius 2 is 1.72 bits per heavy atom. The van der Waals surface area contributed by atoms with Crippen LogP contribution in [0.4, 0.5) is 13.2 Å². The van der Waals surface area contributed by atoms with Crippen molar-refractivity contribution in [2.24, 2.45) is 0 Å². The van der Waals surface area contributed by atoms with Gasteiger partial charge in [0, 0.05) is 23.4 Å². The highest BCUT2D eigenvalue weighted by Gasteiger charge is 2.25. The lowest BCUT2D eigenvalue weighted by Gasteiger charge is -2.06. The second-order valence-corrected chi connectivity index (χ2v) is 5.02. The summed E-state index contributed by atoms with van der Waals surface area (Å²) in [5.41, 5.74) is 1.19. The Morgan fingerprint density at radius 1 is 1.06 bits per heavy atom. The first kappa shape index (κ1) is 15.4. The van der Waals surface area contributed by atoms with Crippen LogP contribution in [0.3, 0.4) is 0 Å². The molecule has 18 heavy (non-hydrogen) atoms. The lowest BCUT2D eigenvalue weighted by atomic mass is 10.2. The van der Waals surface area contributed by atoms with Gasteiger partial charge >= 0.3 is 6.18 Å². The topological polar surface area (TPSA) is 9.23 Å². The number of hydrogen-bond acceptors (Lipinski definition) is 2. The van der Waals surface area contributed by atoms with Crippen molar-refractivity contribution in [3.63, 3.8) is 0 Å². The van der Waals surface area contributed by atoms with Crippen molar-refractivity contribution < 1.29 is 17.4 Å². The van der Waals surface area contributed by atoms with Gasteiger partial charge in [-0.3, -0.25) is 0 Å². The Labute approximate surface area is 110 Å². The van der Waals surface area contributed by atoms with Crippen LogP contribution in [0.1, 0.15) is 31.2 Å². The Morgan fingerprint density at radius 3 is 2.33 bits per heavy atom. The molecule has 0 aliphatic heterocycles. The molecule has 0 aliphatic rings. The van der Waals surface area contributed by atoms with Crippen LogP contribution in [-0.4, -0.2) is 12.8 Å². The highest BCUT2D eigenvalue weighted by molar-refractivity contribution is 7.94. The van der Waals surface area contributed by atoms with Crippen molar-refractivity contribution in [1.82, 2.24) is 0 Å². The van der Waals surface area contributed by atoms with Gasteiger partial charge in [-0.2, -0.15) is 13.2 Å². The van der Waals surface area contributed by atoms with Gasteiger partial charge in [-0.15, -0.1) is 0 Å². The lowest BCUT2D eigenvalue weighted by Crippen LogP contribution is -2.06. The Hall–Kier alpha value is -0.680. The van der Waals surface area contributed by atoms with Gasteiger partial charge < -0.3 is 4.18 Å². The number of benzene rings is 1. The van der Waals surface area contributed by atoms with E-state index in [-0.39, 0.29) is 6.42 Å². The molecule has 0 saturated heterocycles. The average Bonchev–Trinajstić information content (AvgIpc) is 2.29. The van der Waals surface area contributed by atoms with E-state index in [0.29, 0.717) is 19.4 Å². The molecule has 0 heterocycles. The predicted molar refractivity (Wildman–Crippen MR) is 67.5 cm³/mol. The molecule has 1 nitrogen and oxygen atoms in total. The van der Waals surface area contributed by atoms with E-state index in [0.717, 1.165) is 4.90 Å². The molecule has 0 aromatic heterocycles. The first-order chi connectivity index (χ1) is 8.47. The standard InChI is InChI=1S/C13H17F3OS/c1-11-5-7-12(8-6-11)18-17-10-4-2-3-9-13(14,15)16/h5-8H,2-4,9-10H2,1H3. The largest absolute Gasteiger partial charge is 0.389 e. The van der Waals surface area contributed by atoms with Crippen LogP contribution in [0.2, 0.25) is 0 Å². The minimum atomic E-state index is -4.03. The molecule has 5 heteroatoms. The van der Waals surface area contributed by atoms with Crippen molar-refractivity contribution in [2.45, 2.75) is 43.7 Å². The van der Waals surface area contributed by atoms with Gasteiger partial charge in [0.25, 0.3) is 0 Å². The van der Waals surface area contributed by atoms with Crippen LogP contribution >= 0.6 is 12.0 Å². The van der Waals surface area contributed by atoms with Gasteiger partial charge in [-0.1, -0.05) is 24.1 Å². The normalized spacial score (nSPS) is 11.8. The van der Waals surface area contributed by atoms with Gasteiger partial charge in [0.2, 0.25) is 0 Å². The molecular formula is C13H17F3OS. The first-order valence-electron chi connectivity index (χ1n) is 5.90. The third-order valence-corrected chi connectivity index (χ3v) is 3.11. The van der Waals surface area contributed by atoms with E-state index in [1.807, 2.05) is 31.2 Å². The number of halogens is 3. The number of hydrogen-bond donors (Lipinski definition) is 0. The summed E-state index contributed by atoms with van der Waals surface area (Å²) in [6.07, 6.45) is -3.33. The van der Waals surface area contributed by atoms with E-state index >= 15 is 0 Å². The minimum Gasteiger partial charge on any atom is -0.310 e. The fourth-order valence-electron chi connectivity index (χ4n) is 1.37. The zero-order chi connectivity index (χ0) is 13.4. The van der Waals surface area contributed by atoms with Gasteiger partial charge in [0.15, 0.2) is 0 Å². The van der Waals surface area contributed by atoms with Crippen LogP contribution in [-0.2, 0) is 4.18 Å². The van der Waals surface area contributed by atoms with Gasteiger partial charge in [0.1, 0.15) is 0 Å². The quantitative estimate of drug-likeness (QED) is 0.504. The lowest BCUT2D eigenvalue weighted by molar-refractivity contribution is -0.135. The van der Waals surface area contributed by atoms with Crippen molar-refractivity contribution >= 4 is 12.0 Å². The second-order valence-electron chi connectivity index (χ2n) is 4.14. The maximum atomic E-state index is 11.8. The van der Waals surface area contributed by atoms with Crippen LogP contribution in [0.15, 0.2) is 29.2 Å². The smallest absolute Gasteiger partial charge is 0.310 e. The van der Waals surface area contributed by atoms with Crippen molar-refractivity contribution in [1.29, 1.82) is 0 Å². The van der Waals surface area contributed by atoms with E-state index in [1.165, 1.54) is 17.6 Å². The van der Waals surface area contributed by atoms with Gasteiger partial charge in [-0.25, -0.2) is 0 Å². The average molecular weight is 278 g/mol. The molecule has 0 aliphatic carbocycles. The van der Waals surface area contributed by atoms with Gasteiger partial charge in [-0.05, 0) is 31.9 Å². The van der Waals surface area contributed by atoms with E-state index in [1.54, 1.807) is 0 Å². The van der Waals surface area contributed by atoms with E-state index in [4.69, 9.17) is 4.18 Å². The van der Waals surface area contributed by atoms with Crippen molar-refractivity contribution in [3.8, 4) is 0 Å². The summed E-state index contributed by atoms with van der Waals surface area (Å²) >= 11 is 1.27. The van der Waals surface area contributed by atoms with E-state index < -0.39 is 12.6 Å². The third-order valence-electron chi connectivity index (χ3n) is 2.36. The number of alkyl halides is 3. The summed E-state index contributed by atoms with van der Waals surface area (Å²) in [7, 11) is 0. The van der Waals surface area contributed by atoms with Gasteiger partial charge in [0.05, 0.1) is 6.61 Å². The second kappa shape index (κ2) is 7.69. The molecule has 0 fully saturated rings. The molecule has 0 N–H and O–H groups in total. The van der Waals surface area contributed by atoms with Crippen LogP contribution in [0, 0.1) is 6.92 Å². The van der Waals surface area contributed by atoms with Crippen molar-refractivity contribution in [3.05, 3.63) is 29.8 Å². The molecule has 1 aromatic carbocycles. The molecule has 1 aromatic rings. The summed E-state index contributed by atoms with van der Waals surface area (Å²) in [6.45, 7) is 2.49. The Bertz CT molecular complexity index is 335. The zero-order valence-corrected chi connectivity index (χ0v) is 11.1. The maximum absolute atomic E-state index is 11.8. The molecule has 0 radical (unpaired) electrons. The highest BCUT2D eigenvalue weighted by Crippen LogP contribution is 2.23. The molecule has 102 valence electrons. The molecular weight excluding hydrogens is 261 g/mol. The van der Waals surface area contributed by atoms with Crippen LogP contribution in [0.5, 0.6) is 0 Å². The zero-order valence-electron chi connectivity index (χ0n) is 10.3. The molecule has 1 rings (SSSR count). The van der Waals surface area contributed by atoms with Crippen molar-refractivity contribution in [2.75, 3.05) is 6.61 Å². The fourth-order valence-corrected chi connectivity index (χ4v) is 1.95. The third kappa shape index (κ3) is 7.61. The highest BCUT2D eigenvalue weighted by atomic mass is 32.2. The molecule has 0 atom stereocenters. The molecule has 0 spiro atoms. The molecule has 0 saturated carbocycles. The molecule has 0 bridgehead atoms. The molecule has 0 amide bonds. The first-order valence-corrected chi connectivity index (χ1v) is 6.64.